The second kappa shape index (κ2) is 10.1. The summed E-state index contributed by atoms with van der Waals surface area (Å²) in [5, 5.41) is 0. The van der Waals surface area contributed by atoms with E-state index in [0.29, 0.717) is 11.1 Å². The van der Waals surface area contributed by atoms with Crippen LogP contribution in [-0.4, -0.2) is 40.1 Å². The Balaban J connectivity index is 2.38. The van der Waals surface area contributed by atoms with Crippen molar-refractivity contribution in [3.8, 4) is 11.1 Å². The highest BCUT2D eigenvalue weighted by Crippen LogP contribution is 2.29. The monoisotopic (exact) mass is 511 g/mol. The highest BCUT2D eigenvalue weighted by atomic mass is 32.2. The van der Waals surface area contributed by atoms with E-state index in [-0.39, 0.29) is 16.2 Å². The summed E-state index contributed by atoms with van der Waals surface area (Å²) in [5.74, 6) is -0.714. The van der Waals surface area contributed by atoms with Gasteiger partial charge in [-0.2, -0.15) is 4.72 Å². The molecule has 0 aliphatic heterocycles. The van der Waals surface area contributed by atoms with E-state index in [0.717, 1.165) is 0 Å². The number of benzene rings is 2. The Hall–Kier alpha value is -2.31. The van der Waals surface area contributed by atoms with E-state index in [2.05, 4.69) is 9.44 Å². The second-order valence-corrected chi connectivity index (χ2v) is 13.3. The molecule has 0 bridgehead atoms. The maximum atomic E-state index is 12.9. The van der Waals surface area contributed by atoms with Crippen molar-refractivity contribution < 1.29 is 26.4 Å². The van der Waals surface area contributed by atoms with E-state index in [9.17, 15) is 21.6 Å². The van der Waals surface area contributed by atoms with Crippen LogP contribution in [0, 0.1) is 0 Å². The zero-order valence-electron chi connectivity index (χ0n) is 20.2. The van der Waals surface area contributed by atoms with Crippen LogP contribution in [-0.2, 0) is 29.6 Å². The Labute approximate surface area is 202 Å². The quantitative estimate of drug-likeness (QED) is 0.442. The zero-order chi connectivity index (χ0) is 25.9. The Bertz CT molecular complexity index is 1230. The number of primary amides is 1. The van der Waals surface area contributed by atoms with Crippen molar-refractivity contribution >= 4 is 26.0 Å². The molecule has 1 atom stereocenters. The predicted octanol–water partition coefficient (Wildman–Crippen LogP) is 2.73. The number of nitrogens with one attached hydrogen (secondary N) is 2. The Kier molecular flexibility index (Phi) is 8.32. The molecular formula is C23H33N3O6S2. The number of carbonyl (C=O) groups excluding carboxylic acids is 1. The smallest absolute Gasteiger partial charge is 0.242 e. The van der Waals surface area contributed by atoms with Crippen LogP contribution in [0.15, 0.2) is 58.3 Å². The summed E-state index contributed by atoms with van der Waals surface area (Å²) in [6.07, 6.45) is -1.47. The van der Waals surface area contributed by atoms with Crippen LogP contribution in [0.4, 0.5) is 0 Å². The number of carbonyl (C=O) groups is 1. The van der Waals surface area contributed by atoms with Crippen LogP contribution in [0.2, 0.25) is 0 Å². The van der Waals surface area contributed by atoms with Gasteiger partial charge in [-0.1, -0.05) is 30.3 Å². The average molecular weight is 512 g/mol. The van der Waals surface area contributed by atoms with Crippen LogP contribution in [0.5, 0.6) is 0 Å². The third kappa shape index (κ3) is 8.17. The van der Waals surface area contributed by atoms with Crippen LogP contribution < -0.4 is 15.2 Å². The van der Waals surface area contributed by atoms with Crippen molar-refractivity contribution in [1.29, 1.82) is 0 Å². The Morgan fingerprint density at radius 1 is 0.912 bits per heavy atom. The molecule has 0 saturated heterocycles. The lowest BCUT2D eigenvalue weighted by Gasteiger charge is -2.27. The normalized spacial score (nSPS) is 14.1. The molecule has 0 fully saturated rings. The van der Waals surface area contributed by atoms with Crippen LogP contribution >= 0.6 is 0 Å². The van der Waals surface area contributed by atoms with Crippen molar-refractivity contribution in [3.05, 3.63) is 48.5 Å². The highest BCUT2D eigenvalue weighted by molar-refractivity contribution is 7.90. The molecule has 11 heteroatoms. The van der Waals surface area contributed by atoms with Gasteiger partial charge in [-0.15, -0.1) is 0 Å². The fourth-order valence-electron chi connectivity index (χ4n) is 3.17. The average Bonchev–Trinajstić information content (AvgIpc) is 2.64. The predicted molar refractivity (Wildman–Crippen MR) is 131 cm³/mol. The van der Waals surface area contributed by atoms with Gasteiger partial charge < -0.3 is 10.5 Å². The van der Waals surface area contributed by atoms with Crippen molar-refractivity contribution in [2.75, 3.05) is 0 Å². The molecule has 9 nitrogen and oxygen atoms in total. The first-order valence-electron chi connectivity index (χ1n) is 10.6. The lowest BCUT2D eigenvalue weighted by molar-refractivity contribution is -0.125. The van der Waals surface area contributed by atoms with Gasteiger partial charge in [0.25, 0.3) is 0 Å². The zero-order valence-corrected chi connectivity index (χ0v) is 21.9. The lowest BCUT2D eigenvalue weighted by atomic mass is 10.1. The van der Waals surface area contributed by atoms with Gasteiger partial charge in [0, 0.05) is 11.1 Å². The van der Waals surface area contributed by atoms with E-state index in [4.69, 9.17) is 10.5 Å². The molecule has 0 spiro atoms. The van der Waals surface area contributed by atoms with E-state index in [1.807, 2.05) is 0 Å². The van der Waals surface area contributed by atoms with Gasteiger partial charge in [-0.3, -0.25) is 4.79 Å². The minimum Gasteiger partial charge on any atom is -0.370 e. The summed E-state index contributed by atoms with van der Waals surface area (Å²) in [6.45, 7) is 10.4. The number of sulfonamides is 2. The summed E-state index contributed by atoms with van der Waals surface area (Å²) in [6, 6.07) is 12.2. The highest BCUT2D eigenvalue weighted by Gasteiger charge is 2.27. The molecule has 1 amide bonds. The molecule has 0 aromatic heterocycles. The number of hydrogen-bond acceptors (Lipinski definition) is 6. The second-order valence-electron chi connectivity index (χ2n) is 9.89. The van der Waals surface area contributed by atoms with Crippen LogP contribution in [0.3, 0.4) is 0 Å². The van der Waals surface area contributed by atoms with Crippen LogP contribution in [0.25, 0.3) is 11.1 Å². The number of nitrogens with two attached hydrogens (primary N) is 1. The largest absolute Gasteiger partial charge is 0.370 e. The minimum absolute atomic E-state index is 0.0728. The summed E-state index contributed by atoms with van der Waals surface area (Å²) in [5.41, 5.74) is 4.79. The van der Waals surface area contributed by atoms with Crippen molar-refractivity contribution in [1.82, 2.24) is 9.44 Å². The van der Waals surface area contributed by atoms with Gasteiger partial charge in [0.2, 0.25) is 26.0 Å². The van der Waals surface area contributed by atoms with E-state index < -0.39 is 43.3 Å². The molecule has 4 N–H and O–H groups in total. The van der Waals surface area contributed by atoms with E-state index in [1.165, 1.54) is 30.3 Å². The first-order valence-corrected chi connectivity index (χ1v) is 13.6. The topological polar surface area (TPSA) is 145 Å². The molecule has 188 valence electrons. The molecular weight excluding hydrogens is 478 g/mol. The van der Waals surface area contributed by atoms with Gasteiger partial charge in [0.05, 0.1) is 21.8 Å². The number of hydrogen-bond donors (Lipinski definition) is 3. The molecule has 2 aromatic carbocycles. The standard InChI is InChI=1S/C23H33N3O6S2/c1-22(2,3)26-34(30,31)19-10-8-7-9-18(19)16-11-13-17(14-12-16)33(28,29)25-21(15-20(24)27)32-23(4,5)6/h7-14,21,25-26H,15H2,1-6H3,(H2,24,27). The SMILES string of the molecule is CC(C)(C)NS(=O)(=O)c1ccccc1-c1ccc(S(=O)(=O)NC(CC(N)=O)OC(C)(C)C)cc1. The molecule has 0 aliphatic carbocycles. The van der Waals surface area contributed by atoms with Crippen molar-refractivity contribution in [2.24, 2.45) is 5.73 Å². The van der Waals surface area contributed by atoms with Crippen molar-refractivity contribution in [3.63, 3.8) is 0 Å². The fraction of sp³-hybridized carbons (Fsp3) is 0.435. The molecule has 0 aliphatic rings. The maximum Gasteiger partial charge on any atom is 0.242 e. The summed E-state index contributed by atoms with van der Waals surface area (Å²) >= 11 is 0. The van der Waals surface area contributed by atoms with Crippen LogP contribution in [0.1, 0.15) is 48.0 Å². The summed E-state index contributed by atoms with van der Waals surface area (Å²) in [4.78, 5) is 11.4. The summed E-state index contributed by atoms with van der Waals surface area (Å²) < 4.78 is 62.2. The lowest BCUT2D eigenvalue weighted by Crippen LogP contribution is -2.43. The van der Waals surface area contributed by atoms with Gasteiger partial charge >= 0.3 is 0 Å². The summed E-state index contributed by atoms with van der Waals surface area (Å²) in [7, 11) is -7.87. The molecule has 2 rings (SSSR count). The van der Waals surface area contributed by atoms with Gasteiger partial charge in [-0.05, 0) is 65.3 Å². The van der Waals surface area contributed by atoms with Crippen molar-refractivity contribution in [2.45, 2.75) is 75.1 Å². The molecule has 0 heterocycles. The molecule has 0 saturated carbocycles. The number of ether oxygens (including phenoxy) is 1. The number of amides is 1. The van der Waals surface area contributed by atoms with Gasteiger partial charge in [0.1, 0.15) is 6.23 Å². The third-order valence-corrected chi connectivity index (χ3v) is 7.54. The van der Waals surface area contributed by atoms with E-state index in [1.54, 1.807) is 59.7 Å². The molecule has 2 aromatic rings. The molecule has 0 radical (unpaired) electrons. The fourth-order valence-corrected chi connectivity index (χ4v) is 5.93. The first-order chi connectivity index (χ1) is 15.4. The Morgan fingerprint density at radius 3 is 1.97 bits per heavy atom. The van der Waals surface area contributed by atoms with E-state index >= 15 is 0 Å². The molecule has 34 heavy (non-hydrogen) atoms. The van der Waals surface area contributed by atoms with Gasteiger partial charge in [-0.25, -0.2) is 21.6 Å². The number of rotatable bonds is 9. The Morgan fingerprint density at radius 2 is 1.47 bits per heavy atom. The first kappa shape index (κ1) is 27.9. The third-order valence-electron chi connectivity index (χ3n) is 4.26. The maximum absolute atomic E-state index is 12.9. The molecule has 1 unspecified atom stereocenters. The van der Waals surface area contributed by atoms with Gasteiger partial charge in [0.15, 0.2) is 0 Å². The minimum atomic E-state index is -4.05.